The Bertz CT molecular complexity index is 655. The fourth-order valence-corrected chi connectivity index (χ4v) is 4.71. The Labute approximate surface area is 149 Å². The van der Waals surface area contributed by atoms with Crippen molar-refractivity contribution in [2.75, 3.05) is 38.2 Å². The average molecular weight is 371 g/mol. The van der Waals surface area contributed by atoms with Crippen LogP contribution in [0.3, 0.4) is 0 Å². The molecule has 1 unspecified atom stereocenters. The van der Waals surface area contributed by atoms with Gasteiger partial charge in [-0.15, -0.1) is 11.8 Å². The molecule has 0 saturated carbocycles. The molecule has 24 heavy (non-hydrogen) atoms. The van der Waals surface area contributed by atoms with Gasteiger partial charge in [-0.25, -0.2) is 8.42 Å². The molecule has 0 spiro atoms. The van der Waals surface area contributed by atoms with Crippen LogP contribution in [0.15, 0.2) is 29.2 Å². The standard InChI is InChI=1S/C17H26N2O3S2/c1-4-18(5-2)11-6-12-19-16(20)13-23-17(19)14-7-9-15(10-8-14)24(3,21)22/h7-10,17H,4-6,11-13H2,1-3H3. The number of carbonyl (C=O) groups is 1. The molecule has 1 atom stereocenters. The summed E-state index contributed by atoms with van der Waals surface area (Å²) in [5, 5.41) is -0.0113. The monoisotopic (exact) mass is 370 g/mol. The van der Waals surface area contributed by atoms with Gasteiger partial charge in [-0.1, -0.05) is 26.0 Å². The van der Waals surface area contributed by atoms with Crippen LogP contribution in [0, 0.1) is 0 Å². The molecule has 1 aliphatic heterocycles. The molecular formula is C17H26N2O3S2. The highest BCUT2D eigenvalue weighted by molar-refractivity contribution is 8.00. The Morgan fingerprint density at radius 1 is 1.21 bits per heavy atom. The largest absolute Gasteiger partial charge is 0.326 e. The first kappa shape index (κ1) is 19.3. The number of sulfone groups is 1. The van der Waals surface area contributed by atoms with Crippen molar-refractivity contribution >= 4 is 27.5 Å². The summed E-state index contributed by atoms with van der Waals surface area (Å²) >= 11 is 1.61. The smallest absolute Gasteiger partial charge is 0.233 e. The zero-order valence-corrected chi connectivity index (χ0v) is 16.2. The second-order valence-corrected chi connectivity index (χ2v) is 9.06. The van der Waals surface area contributed by atoms with Crippen molar-refractivity contribution < 1.29 is 13.2 Å². The van der Waals surface area contributed by atoms with Crippen LogP contribution in [0.4, 0.5) is 0 Å². The molecule has 1 fully saturated rings. The summed E-state index contributed by atoms with van der Waals surface area (Å²) in [5.41, 5.74) is 0.987. The summed E-state index contributed by atoms with van der Waals surface area (Å²) in [5.74, 6) is 0.653. The van der Waals surface area contributed by atoms with Crippen molar-refractivity contribution in [2.45, 2.75) is 30.5 Å². The normalized spacial score (nSPS) is 18.6. The van der Waals surface area contributed by atoms with E-state index in [0.29, 0.717) is 10.6 Å². The fourth-order valence-electron chi connectivity index (χ4n) is 2.86. The maximum Gasteiger partial charge on any atom is 0.233 e. The van der Waals surface area contributed by atoms with E-state index in [4.69, 9.17) is 0 Å². The summed E-state index contributed by atoms with van der Waals surface area (Å²) in [4.78, 5) is 16.8. The van der Waals surface area contributed by atoms with Gasteiger partial charge in [0.15, 0.2) is 9.84 Å². The first-order valence-electron chi connectivity index (χ1n) is 8.30. The Morgan fingerprint density at radius 3 is 2.38 bits per heavy atom. The minimum absolute atomic E-state index is 0.0113. The van der Waals surface area contributed by atoms with Crippen LogP contribution in [0.5, 0.6) is 0 Å². The number of carbonyl (C=O) groups excluding carboxylic acids is 1. The van der Waals surface area contributed by atoms with E-state index in [0.717, 1.165) is 38.2 Å². The van der Waals surface area contributed by atoms with Gasteiger partial charge >= 0.3 is 0 Å². The van der Waals surface area contributed by atoms with Gasteiger partial charge in [0.2, 0.25) is 5.91 Å². The van der Waals surface area contributed by atoms with Crippen molar-refractivity contribution in [3.63, 3.8) is 0 Å². The molecule has 1 amide bonds. The molecule has 1 aromatic rings. The summed E-state index contributed by atoms with van der Waals surface area (Å²) in [7, 11) is -3.19. The van der Waals surface area contributed by atoms with Crippen LogP contribution < -0.4 is 0 Å². The van der Waals surface area contributed by atoms with Crippen LogP contribution in [0.1, 0.15) is 31.2 Å². The number of nitrogens with zero attached hydrogens (tertiary/aromatic N) is 2. The van der Waals surface area contributed by atoms with E-state index in [1.165, 1.54) is 6.26 Å². The minimum Gasteiger partial charge on any atom is -0.326 e. The lowest BCUT2D eigenvalue weighted by atomic mass is 10.2. The predicted octanol–water partition coefficient (Wildman–Crippen LogP) is 2.40. The van der Waals surface area contributed by atoms with E-state index in [-0.39, 0.29) is 11.3 Å². The molecule has 0 N–H and O–H groups in total. The quantitative estimate of drug-likeness (QED) is 0.703. The molecule has 1 heterocycles. The van der Waals surface area contributed by atoms with E-state index in [1.807, 2.05) is 17.0 Å². The van der Waals surface area contributed by atoms with Crippen molar-refractivity contribution in [1.29, 1.82) is 0 Å². The Balaban J connectivity index is 2.04. The summed E-state index contributed by atoms with van der Waals surface area (Å²) in [6.45, 7) is 8.06. The number of thioether (sulfide) groups is 1. The molecule has 1 aliphatic rings. The van der Waals surface area contributed by atoms with Crippen molar-refractivity contribution in [3.8, 4) is 0 Å². The molecule has 0 radical (unpaired) electrons. The molecule has 0 aromatic heterocycles. The molecule has 1 aromatic carbocycles. The number of hydrogen-bond donors (Lipinski definition) is 0. The van der Waals surface area contributed by atoms with Gasteiger partial charge in [0.1, 0.15) is 5.37 Å². The van der Waals surface area contributed by atoms with E-state index >= 15 is 0 Å². The van der Waals surface area contributed by atoms with Crippen LogP contribution >= 0.6 is 11.8 Å². The number of rotatable bonds is 8. The highest BCUT2D eigenvalue weighted by Gasteiger charge is 2.32. The average Bonchev–Trinajstić information content (AvgIpc) is 2.92. The Hall–Kier alpha value is -1.05. The van der Waals surface area contributed by atoms with E-state index in [9.17, 15) is 13.2 Å². The van der Waals surface area contributed by atoms with E-state index < -0.39 is 9.84 Å². The van der Waals surface area contributed by atoms with Gasteiger partial charge in [-0.2, -0.15) is 0 Å². The Kier molecular flexibility index (Phi) is 6.71. The molecule has 1 saturated heterocycles. The minimum atomic E-state index is -3.19. The van der Waals surface area contributed by atoms with Crippen molar-refractivity contribution in [3.05, 3.63) is 29.8 Å². The lowest BCUT2D eigenvalue weighted by Gasteiger charge is -2.26. The number of hydrogen-bond acceptors (Lipinski definition) is 5. The van der Waals surface area contributed by atoms with Crippen LogP contribution in [0.2, 0.25) is 0 Å². The van der Waals surface area contributed by atoms with Gasteiger partial charge in [-0.05, 0) is 43.8 Å². The van der Waals surface area contributed by atoms with Gasteiger partial charge < -0.3 is 9.80 Å². The first-order chi connectivity index (χ1) is 11.4. The second-order valence-electron chi connectivity index (χ2n) is 5.97. The molecule has 2 rings (SSSR count). The SMILES string of the molecule is CCN(CC)CCCN1C(=O)CSC1c1ccc(S(C)(=O)=O)cc1. The Morgan fingerprint density at radius 2 is 1.83 bits per heavy atom. The molecule has 7 heteroatoms. The highest BCUT2D eigenvalue weighted by Crippen LogP contribution is 2.38. The maximum atomic E-state index is 12.2. The van der Waals surface area contributed by atoms with Crippen LogP contribution in [-0.4, -0.2) is 62.3 Å². The van der Waals surface area contributed by atoms with Gasteiger partial charge in [-0.3, -0.25) is 4.79 Å². The topological polar surface area (TPSA) is 57.7 Å². The third-order valence-corrected chi connectivity index (χ3v) is 6.71. The fraction of sp³-hybridized carbons (Fsp3) is 0.588. The first-order valence-corrected chi connectivity index (χ1v) is 11.2. The maximum absolute atomic E-state index is 12.2. The molecule has 5 nitrogen and oxygen atoms in total. The summed E-state index contributed by atoms with van der Waals surface area (Å²) < 4.78 is 23.1. The summed E-state index contributed by atoms with van der Waals surface area (Å²) in [6.07, 6.45) is 2.15. The van der Waals surface area contributed by atoms with Gasteiger partial charge in [0.05, 0.1) is 10.6 Å². The third kappa shape index (κ3) is 4.74. The lowest BCUT2D eigenvalue weighted by molar-refractivity contribution is -0.128. The highest BCUT2D eigenvalue weighted by atomic mass is 32.2. The van der Waals surface area contributed by atoms with Gasteiger partial charge in [0.25, 0.3) is 0 Å². The van der Waals surface area contributed by atoms with E-state index in [1.54, 1.807) is 23.9 Å². The predicted molar refractivity (Wildman–Crippen MR) is 98.9 cm³/mol. The van der Waals surface area contributed by atoms with Gasteiger partial charge in [0, 0.05) is 12.8 Å². The number of amides is 1. The summed E-state index contributed by atoms with van der Waals surface area (Å²) in [6, 6.07) is 6.90. The van der Waals surface area contributed by atoms with Crippen molar-refractivity contribution in [2.24, 2.45) is 0 Å². The van der Waals surface area contributed by atoms with E-state index in [2.05, 4.69) is 18.7 Å². The van der Waals surface area contributed by atoms with Crippen LogP contribution in [-0.2, 0) is 14.6 Å². The van der Waals surface area contributed by atoms with Crippen LogP contribution in [0.25, 0.3) is 0 Å². The molecule has 134 valence electrons. The number of benzene rings is 1. The van der Waals surface area contributed by atoms with Crippen molar-refractivity contribution in [1.82, 2.24) is 9.80 Å². The molecule has 0 bridgehead atoms. The lowest BCUT2D eigenvalue weighted by Crippen LogP contribution is -2.32. The zero-order chi connectivity index (χ0) is 17.7. The molecule has 0 aliphatic carbocycles. The second kappa shape index (κ2) is 8.36. The third-order valence-electron chi connectivity index (χ3n) is 4.33. The molecular weight excluding hydrogens is 344 g/mol. The zero-order valence-electron chi connectivity index (χ0n) is 14.6.